The van der Waals surface area contributed by atoms with Crippen molar-refractivity contribution in [1.29, 1.82) is 0 Å². The second kappa shape index (κ2) is 8.39. The van der Waals surface area contributed by atoms with E-state index in [2.05, 4.69) is 29.2 Å². The van der Waals surface area contributed by atoms with Gasteiger partial charge in [0, 0.05) is 24.9 Å². The minimum absolute atomic E-state index is 0.0524. The van der Waals surface area contributed by atoms with Crippen LogP contribution in [0.2, 0.25) is 0 Å². The van der Waals surface area contributed by atoms with Crippen molar-refractivity contribution in [3.8, 4) is 11.1 Å². The van der Waals surface area contributed by atoms with Crippen LogP contribution in [0, 0.1) is 6.92 Å². The number of thiazole rings is 1. The van der Waals surface area contributed by atoms with E-state index in [0.717, 1.165) is 17.8 Å². The maximum Gasteiger partial charge on any atom is 0.409 e. The van der Waals surface area contributed by atoms with Gasteiger partial charge in [0.1, 0.15) is 11.5 Å². The molecule has 1 amide bonds. The Morgan fingerprint density at radius 3 is 2.22 bits per heavy atom. The fraction of sp³-hybridized carbons (Fsp3) is 0.320. The summed E-state index contributed by atoms with van der Waals surface area (Å²) in [5.41, 5.74) is 5.40. The van der Waals surface area contributed by atoms with E-state index < -0.39 is 5.97 Å². The van der Waals surface area contributed by atoms with E-state index in [-0.39, 0.29) is 17.9 Å². The predicted octanol–water partition coefficient (Wildman–Crippen LogP) is 5.28. The highest BCUT2D eigenvalue weighted by Crippen LogP contribution is 2.44. The molecule has 6 nitrogen and oxygen atoms in total. The number of carboxylic acids is 1. The topological polar surface area (TPSA) is 79.7 Å². The predicted molar refractivity (Wildman–Crippen MR) is 122 cm³/mol. The van der Waals surface area contributed by atoms with Gasteiger partial charge in [-0.3, -0.25) is 0 Å². The van der Waals surface area contributed by atoms with Gasteiger partial charge < -0.3 is 14.7 Å². The molecule has 1 aliphatic carbocycles. The maximum absolute atomic E-state index is 12.8. The number of rotatable bonds is 4. The number of piperidine rings is 1. The van der Waals surface area contributed by atoms with Crippen molar-refractivity contribution in [3.05, 3.63) is 75.2 Å². The van der Waals surface area contributed by atoms with E-state index in [1.54, 1.807) is 11.8 Å². The van der Waals surface area contributed by atoms with Crippen molar-refractivity contribution in [2.24, 2.45) is 0 Å². The Morgan fingerprint density at radius 1 is 1.06 bits per heavy atom. The van der Waals surface area contributed by atoms with Crippen LogP contribution in [0.4, 0.5) is 4.79 Å². The van der Waals surface area contributed by atoms with Gasteiger partial charge in [-0.1, -0.05) is 48.5 Å². The summed E-state index contributed by atoms with van der Waals surface area (Å²) in [6.45, 7) is 3.22. The zero-order chi connectivity index (χ0) is 22.2. The second-order valence-electron chi connectivity index (χ2n) is 8.34. The summed E-state index contributed by atoms with van der Waals surface area (Å²) in [6, 6.07) is 16.6. The Labute approximate surface area is 190 Å². The number of aromatic nitrogens is 1. The van der Waals surface area contributed by atoms with E-state index in [9.17, 15) is 14.7 Å². The number of hydrogen-bond donors (Lipinski definition) is 1. The molecule has 7 heteroatoms. The molecule has 32 heavy (non-hydrogen) atoms. The summed E-state index contributed by atoms with van der Waals surface area (Å²) in [4.78, 5) is 30.6. The lowest BCUT2D eigenvalue weighted by atomic mass is 9.97. The van der Waals surface area contributed by atoms with Crippen LogP contribution in [-0.4, -0.2) is 46.7 Å². The van der Waals surface area contributed by atoms with Gasteiger partial charge in [0.05, 0.1) is 10.7 Å². The Balaban J connectivity index is 1.21. The highest BCUT2D eigenvalue weighted by atomic mass is 32.1. The minimum atomic E-state index is -0.928. The van der Waals surface area contributed by atoms with Crippen molar-refractivity contribution < 1.29 is 19.4 Å². The molecule has 1 saturated heterocycles. The normalized spacial score (nSPS) is 16.0. The fourth-order valence-electron chi connectivity index (χ4n) is 4.78. The van der Waals surface area contributed by atoms with Crippen molar-refractivity contribution in [2.75, 3.05) is 19.7 Å². The fourth-order valence-corrected chi connectivity index (χ4v) is 5.86. The third-order valence-corrected chi connectivity index (χ3v) is 7.75. The quantitative estimate of drug-likeness (QED) is 0.588. The summed E-state index contributed by atoms with van der Waals surface area (Å²) >= 11 is 1.25. The summed E-state index contributed by atoms with van der Waals surface area (Å²) in [5.74, 6) is -0.691. The first-order valence-electron chi connectivity index (χ1n) is 10.8. The van der Waals surface area contributed by atoms with Crippen LogP contribution in [0.15, 0.2) is 48.5 Å². The number of hydrogen-bond acceptors (Lipinski definition) is 5. The number of benzene rings is 2. The molecule has 1 N–H and O–H groups in total. The van der Waals surface area contributed by atoms with E-state index in [4.69, 9.17) is 4.74 Å². The van der Waals surface area contributed by atoms with Crippen LogP contribution in [0.1, 0.15) is 56.2 Å². The van der Waals surface area contributed by atoms with E-state index >= 15 is 0 Å². The van der Waals surface area contributed by atoms with E-state index in [1.165, 1.54) is 33.6 Å². The average Bonchev–Trinajstić information content (AvgIpc) is 3.36. The Hall–Kier alpha value is -3.19. The first kappa shape index (κ1) is 20.7. The molecular weight excluding hydrogens is 424 g/mol. The smallest absolute Gasteiger partial charge is 0.409 e. The number of carboxylic acid groups (broad SMARTS) is 1. The Kier molecular flexibility index (Phi) is 5.43. The van der Waals surface area contributed by atoms with E-state index in [1.807, 2.05) is 24.3 Å². The van der Waals surface area contributed by atoms with E-state index in [0.29, 0.717) is 30.3 Å². The van der Waals surface area contributed by atoms with Crippen LogP contribution in [0.3, 0.4) is 0 Å². The molecule has 1 aliphatic heterocycles. The molecule has 0 spiro atoms. The van der Waals surface area contributed by atoms with Crippen LogP contribution in [0.5, 0.6) is 0 Å². The molecule has 0 bridgehead atoms. The number of nitrogens with zero attached hydrogens (tertiary/aromatic N) is 2. The number of aromatic carboxylic acids is 1. The monoisotopic (exact) mass is 448 g/mol. The van der Waals surface area contributed by atoms with Gasteiger partial charge in [0.25, 0.3) is 0 Å². The molecule has 0 unspecified atom stereocenters. The molecule has 0 atom stereocenters. The number of ether oxygens (including phenoxy) is 1. The van der Waals surface area contributed by atoms with Gasteiger partial charge in [-0.15, -0.1) is 11.3 Å². The summed E-state index contributed by atoms with van der Waals surface area (Å²) in [7, 11) is 0. The molecule has 0 saturated carbocycles. The van der Waals surface area contributed by atoms with Gasteiger partial charge in [-0.25, -0.2) is 14.6 Å². The van der Waals surface area contributed by atoms with Crippen LogP contribution in [-0.2, 0) is 4.74 Å². The number of carbonyl (C=O) groups is 2. The number of aryl methyl sites for hydroxylation is 1. The van der Waals surface area contributed by atoms with Crippen molar-refractivity contribution in [2.45, 2.75) is 31.6 Å². The number of carbonyl (C=O) groups excluding carboxylic acids is 1. The minimum Gasteiger partial charge on any atom is -0.477 e. The third kappa shape index (κ3) is 3.66. The molecule has 1 aromatic heterocycles. The van der Waals surface area contributed by atoms with Crippen LogP contribution >= 0.6 is 11.3 Å². The standard InChI is InChI=1S/C25H24N2O4S/c1-15-22(24(28)29)32-23(26-15)16-10-12-27(13-11-16)25(30)31-14-21-19-8-4-2-6-17(19)18-7-3-5-9-20(18)21/h2-9,16,21H,10-14H2,1H3,(H,28,29). The van der Waals surface area contributed by atoms with Crippen molar-refractivity contribution in [3.63, 3.8) is 0 Å². The molecule has 1 fully saturated rings. The highest BCUT2D eigenvalue weighted by molar-refractivity contribution is 7.13. The molecule has 2 aliphatic rings. The number of amides is 1. The summed E-state index contributed by atoms with van der Waals surface area (Å²) in [6.07, 6.45) is 1.23. The SMILES string of the molecule is Cc1nc(C2CCN(C(=O)OCC3c4ccccc4-c4ccccc43)CC2)sc1C(=O)O. The summed E-state index contributed by atoms with van der Waals surface area (Å²) < 4.78 is 5.77. The lowest BCUT2D eigenvalue weighted by Crippen LogP contribution is -2.38. The lowest BCUT2D eigenvalue weighted by Gasteiger charge is -2.30. The Bertz CT molecular complexity index is 1130. The zero-order valence-corrected chi connectivity index (χ0v) is 18.6. The number of fused-ring (bicyclic) bond motifs is 3. The van der Waals surface area contributed by atoms with Gasteiger partial charge in [0.2, 0.25) is 0 Å². The average molecular weight is 449 g/mol. The third-order valence-electron chi connectivity index (χ3n) is 6.45. The molecule has 0 radical (unpaired) electrons. The van der Waals surface area contributed by atoms with Crippen molar-refractivity contribution in [1.82, 2.24) is 9.88 Å². The molecule has 5 rings (SSSR count). The highest BCUT2D eigenvalue weighted by Gasteiger charge is 2.31. The van der Waals surface area contributed by atoms with Crippen LogP contribution < -0.4 is 0 Å². The van der Waals surface area contributed by atoms with Crippen LogP contribution in [0.25, 0.3) is 11.1 Å². The zero-order valence-electron chi connectivity index (χ0n) is 17.8. The lowest BCUT2D eigenvalue weighted by molar-refractivity contribution is 0.0701. The molecule has 164 valence electrons. The molecule has 3 aromatic rings. The van der Waals surface area contributed by atoms with Gasteiger partial charge >= 0.3 is 12.1 Å². The second-order valence-corrected chi connectivity index (χ2v) is 9.37. The Morgan fingerprint density at radius 2 is 1.66 bits per heavy atom. The largest absolute Gasteiger partial charge is 0.477 e. The number of likely N-dealkylation sites (tertiary alicyclic amines) is 1. The maximum atomic E-state index is 12.8. The van der Waals surface area contributed by atoms with Gasteiger partial charge in [-0.05, 0) is 42.0 Å². The first-order chi connectivity index (χ1) is 15.5. The first-order valence-corrected chi connectivity index (χ1v) is 11.6. The molecule has 2 heterocycles. The summed E-state index contributed by atoms with van der Waals surface area (Å²) in [5, 5.41) is 10.1. The van der Waals surface area contributed by atoms with Gasteiger partial charge in [0.15, 0.2) is 0 Å². The molecule has 2 aromatic carbocycles. The van der Waals surface area contributed by atoms with Crippen molar-refractivity contribution >= 4 is 23.4 Å². The van der Waals surface area contributed by atoms with Gasteiger partial charge in [-0.2, -0.15) is 0 Å². The molecular formula is C25H24N2O4S.